The third-order valence-corrected chi connectivity index (χ3v) is 5.33. The molecule has 0 amide bonds. The van der Waals surface area contributed by atoms with Gasteiger partial charge in [-0.15, -0.1) is 0 Å². The molecular weight excluding hydrogens is 374 g/mol. The first kappa shape index (κ1) is 18.2. The number of para-hydroxylation sites is 1. The molecule has 0 aliphatic rings. The summed E-state index contributed by atoms with van der Waals surface area (Å²) in [6, 6.07) is 15.6. The van der Waals surface area contributed by atoms with Gasteiger partial charge in [-0.3, -0.25) is 4.40 Å². The number of imidazole rings is 1. The third kappa shape index (κ3) is 3.36. The van der Waals surface area contributed by atoms with Crippen LogP contribution in [0.1, 0.15) is 0 Å². The molecule has 0 unspecified atom stereocenters. The smallest absolute Gasteiger partial charge is 0.179 e. The summed E-state index contributed by atoms with van der Waals surface area (Å²) in [7, 11) is 4.91. The van der Waals surface area contributed by atoms with Gasteiger partial charge in [-0.25, -0.2) is 9.97 Å². The Balaban J connectivity index is 1.81. The average molecular weight is 393 g/mol. The molecule has 0 bridgehead atoms. The minimum Gasteiger partial charge on any atom is -0.496 e. The topological polar surface area (TPSA) is 57.9 Å². The number of fused-ring (bicyclic) bond motifs is 1. The van der Waals surface area contributed by atoms with E-state index in [1.807, 2.05) is 59.1 Å². The van der Waals surface area contributed by atoms with Crippen LogP contribution in [0.5, 0.6) is 17.2 Å². The van der Waals surface area contributed by atoms with Crippen LogP contribution in [0, 0.1) is 0 Å². The maximum atomic E-state index is 5.48. The van der Waals surface area contributed by atoms with Crippen LogP contribution >= 0.6 is 11.8 Å². The Morgan fingerprint density at radius 3 is 2.43 bits per heavy atom. The van der Waals surface area contributed by atoms with E-state index >= 15 is 0 Å². The molecule has 0 atom stereocenters. The van der Waals surface area contributed by atoms with E-state index in [0.29, 0.717) is 11.5 Å². The van der Waals surface area contributed by atoms with E-state index in [-0.39, 0.29) is 0 Å². The van der Waals surface area contributed by atoms with Gasteiger partial charge in [0.2, 0.25) is 0 Å². The van der Waals surface area contributed by atoms with Gasteiger partial charge in [0.1, 0.15) is 11.4 Å². The van der Waals surface area contributed by atoms with Gasteiger partial charge in [-0.05, 0) is 42.1 Å². The highest BCUT2D eigenvalue weighted by atomic mass is 32.2. The lowest BCUT2D eigenvalue weighted by Gasteiger charge is -2.12. The maximum Gasteiger partial charge on any atom is 0.179 e. The Morgan fingerprint density at radius 1 is 0.857 bits per heavy atom. The van der Waals surface area contributed by atoms with Crippen molar-refractivity contribution >= 4 is 17.4 Å². The number of methoxy groups -OCH3 is 3. The van der Waals surface area contributed by atoms with Crippen molar-refractivity contribution in [2.45, 2.75) is 10.1 Å². The molecule has 6 nitrogen and oxygen atoms in total. The summed E-state index contributed by atoms with van der Waals surface area (Å²) in [6.45, 7) is 0. The van der Waals surface area contributed by atoms with Crippen molar-refractivity contribution in [1.82, 2.24) is 14.4 Å². The Bertz CT molecular complexity index is 1130. The second-order valence-electron chi connectivity index (χ2n) is 5.90. The maximum absolute atomic E-state index is 5.48. The van der Waals surface area contributed by atoms with Gasteiger partial charge in [0.25, 0.3) is 0 Å². The Morgan fingerprint density at radius 2 is 1.64 bits per heavy atom. The zero-order valence-corrected chi connectivity index (χ0v) is 16.6. The Kier molecular flexibility index (Phi) is 5.08. The highest BCUT2D eigenvalue weighted by molar-refractivity contribution is 7.99. The monoisotopic (exact) mass is 393 g/mol. The van der Waals surface area contributed by atoms with E-state index in [1.54, 1.807) is 27.5 Å². The summed E-state index contributed by atoms with van der Waals surface area (Å²) in [6.07, 6.45) is 3.67. The molecule has 2 aromatic heterocycles. The van der Waals surface area contributed by atoms with Crippen LogP contribution in [0.3, 0.4) is 0 Å². The van der Waals surface area contributed by atoms with Gasteiger partial charge < -0.3 is 14.2 Å². The number of ether oxygens (including phenoxy) is 3. The number of aromatic nitrogens is 3. The molecule has 2 aromatic carbocycles. The molecular formula is C21H19N3O3S. The number of benzene rings is 2. The molecule has 4 aromatic rings. The summed E-state index contributed by atoms with van der Waals surface area (Å²) in [5.41, 5.74) is 2.54. The molecule has 4 rings (SSSR count). The summed E-state index contributed by atoms with van der Waals surface area (Å²) in [5, 5.41) is 0.796. The van der Waals surface area contributed by atoms with E-state index in [1.165, 1.54) is 11.8 Å². The van der Waals surface area contributed by atoms with Crippen LogP contribution in [0.25, 0.3) is 16.9 Å². The summed E-state index contributed by atoms with van der Waals surface area (Å²) >= 11 is 1.53. The quantitative estimate of drug-likeness (QED) is 0.447. The van der Waals surface area contributed by atoms with Crippen molar-refractivity contribution in [3.05, 3.63) is 60.9 Å². The zero-order chi connectivity index (χ0) is 19.5. The van der Waals surface area contributed by atoms with Crippen molar-refractivity contribution in [1.29, 1.82) is 0 Å². The number of hydrogen-bond donors (Lipinski definition) is 0. The normalized spacial score (nSPS) is 10.8. The minimum atomic E-state index is 0.656. The van der Waals surface area contributed by atoms with Gasteiger partial charge in [0.05, 0.1) is 31.9 Å². The van der Waals surface area contributed by atoms with Crippen LogP contribution in [0.15, 0.2) is 71.0 Å². The lowest BCUT2D eigenvalue weighted by atomic mass is 10.1. The average Bonchev–Trinajstić information content (AvgIpc) is 3.22. The first-order chi connectivity index (χ1) is 13.7. The molecule has 0 saturated carbocycles. The molecule has 0 fully saturated rings. The van der Waals surface area contributed by atoms with Gasteiger partial charge in [-0.2, -0.15) is 0 Å². The fourth-order valence-electron chi connectivity index (χ4n) is 2.91. The molecule has 0 radical (unpaired) electrons. The van der Waals surface area contributed by atoms with Crippen LogP contribution in [-0.4, -0.2) is 35.7 Å². The first-order valence-corrected chi connectivity index (χ1v) is 9.42. The SMILES string of the molecule is COc1ccc(-c2cc3nccn3c(Sc3ccccc3OC)n2)cc1OC. The molecule has 0 aliphatic carbocycles. The van der Waals surface area contributed by atoms with Crippen LogP contribution in [-0.2, 0) is 0 Å². The van der Waals surface area contributed by atoms with E-state index in [9.17, 15) is 0 Å². The van der Waals surface area contributed by atoms with Gasteiger partial charge >= 0.3 is 0 Å². The summed E-state index contributed by atoms with van der Waals surface area (Å²) in [5.74, 6) is 2.14. The van der Waals surface area contributed by atoms with Crippen molar-refractivity contribution < 1.29 is 14.2 Å². The molecule has 7 heteroatoms. The summed E-state index contributed by atoms with van der Waals surface area (Å²) < 4.78 is 18.2. The highest BCUT2D eigenvalue weighted by Gasteiger charge is 2.14. The number of hydrogen-bond acceptors (Lipinski definition) is 6. The van der Waals surface area contributed by atoms with E-state index in [0.717, 1.165) is 32.7 Å². The van der Waals surface area contributed by atoms with Crippen LogP contribution in [0.4, 0.5) is 0 Å². The predicted octanol–water partition coefficient (Wildman–Crippen LogP) is 4.57. The fraction of sp³-hybridized carbons (Fsp3) is 0.143. The zero-order valence-electron chi connectivity index (χ0n) is 15.7. The molecule has 28 heavy (non-hydrogen) atoms. The van der Waals surface area contributed by atoms with Gasteiger partial charge in [-0.1, -0.05) is 12.1 Å². The van der Waals surface area contributed by atoms with Crippen LogP contribution in [0.2, 0.25) is 0 Å². The minimum absolute atomic E-state index is 0.656. The second kappa shape index (κ2) is 7.82. The van der Waals surface area contributed by atoms with E-state index < -0.39 is 0 Å². The van der Waals surface area contributed by atoms with Gasteiger partial charge in [0, 0.05) is 24.0 Å². The molecule has 0 spiro atoms. The van der Waals surface area contributed by atoms with Crippen molar-refractivity contribution in [3.8, 4) is 28.5 Å². The standard InChI is InChI=1S/C21H19N3O3S/c1-25-16-9-8-14(12-18(16)27-3)15-13-20-22-10-11-24(20)21(23-15)28-19-7-5-4-6-17(19)26-2/h4-13H,1-3H3. The second-order valence-corrected chi connectivity index (χ2v) is 6.91. The lowest BCUT2D eigenvalue weighted by Crippen LogP contribution is -1.97. The fourth-order valence-corrected chi connectivity index (χ4v) is 3.90. The molecule has 142 valence electrons. The third-order valence-electron chi connectivity index (χ3n) is 4.31. The largest absolute Gasteiger partial charge is 0.496 e. The predicted molar refractivity (Wildman–Crippen MR) is 109 cm³/mol. The van der Waals surface area contributed by atoms with Crippen LogP contribution < -0.4 is 14.2 Å². The molecule has 2 heterocycles. The summed E-state index contributed by atoms with van der Waals surface area (Å²) in [4.78, 5) is 10.3. The van der Waals surface area contributed by atoms with Crippen molar-refractivity contribution in [2.24, 2.45) is 0 Å². The first-order valence-electron chi connectivity index (χ1n) is 8.61. The lowest BCUT2D eigenvalue weighted by molar-refractivity contribution is 0.355. The van der Waals surface area contributed by atoms with Crippen molar-refractivity contribution in [2.75, 3.05) is 21.3 Å². The molecule has 0 N–H and O–H groups in total. The molecule has 0 aliphatic heterocycles. The number of nitrogens with zero attached hydrogens (tertiary/aromatic N) is 3. The number of rotatable bonds is 6. The van der Waals surface area contributed by atoms with E-state index in [4.69, 9.17) is 19.2 Å². The van der Waals surface area contributed by atoms with Crippen molar-refractivity contribution in [3.63, 3.8) is 0 Å². The van der Waals surface area contributed by atoms with E-state index in [2.05, 4.69) is 4.98 Å². The van der Waals surface area contributed by atoms with Gasteiger partial charge in [0.15, 0.2) is 16.7 Å². The highest BCUT2D eigenvalue weighted by Crippen LogP contribution is 2.36. The Hall–Kier alpha value is -3.19. The Labute approximate surface area is 167 Å². The molecule has 0 saturated heterocycles.